The summed E-state index contributed by atoms with van der Waals surface area (Å²) in [5, 5.41) is 0. The van der Waals surface area contributed by atoms with Crippen LogP contribution in [-0.4, -0.2) is 23.0 Å². The SMILES string of the molecule is CCN1CCCC1c1ccc(Br)nc1. The van der Waals surface area contributed by atoms with Gasteiger partial charge in [0.05, 0.1) is 0 Å². The largest absolute Gasteiger partial charge is 0.297 e. The van der Waals surface area contributed by atoms with Gasteiger partial charge in [-0.2, -0.15) is 0 Å². The zero-order valence-corrected chi connectivity index (χ0v) is 10.00. The highest BCUT2D eigenvalue weighted by molar-refractivity contribution is 9.10. The van der Waals surface area contributed by atoms with E-state index in [1.807, 2.05) is 12.3 Å². The predicted molar refractivity (Wildman–Crippen MR) is 61.2 cm³/mol. The topological polar surface area (TPSA) is 16.1 Å². The summed E-state index contributed by atoms with van der Waals surface area (Å²) in [4.78, 5) is 6.80. The number of aromatic nitrogens is 1. The molecule has 1 unspecified atom stereocenters. The lowest BCUT2D eigenvalue weighted by Crippen LogP contribution is -2.22. The molecule has 14 heavy (non-hydrogen) atoms. The first-order chi connectivity index (χ1) is 6.81. The zero-order chi connectivity index (χ0) is 9.97. The molecule has 2 heterocycles. The van der Waals surface area contributed by atoms with E-state index in [9.17, 15) is 0 Å². The van der Waals surface area contributed by atoms with Gasteiger partial charge in [0.1, 0.15) is 4.60 Å². The minimum absolute atomic E-state index is 0.598. The fourth-order valence-electron chi connectivity index (χ4n) is 2.17. The van der Waals surface area contributed by atoms with Crippen molar-refractivity contribution in [3.05, 3.63) is 28.5 Å². The molecule has 0 bridgehead atoms. The van der Waals surface area contributed by atoms with E-state index in [-0.39, 0.29) is 0 Å². The molecule has 0 aromatic carbocycles. The van der Waals surface area contributed by atoms with Gasteiger partial charge in [0.15, 0.2) is 0 Å². The van der Waals surface area contributed by atoms with Crippen LogP contribution >= 0.6 is 15.9 Å². The van der Waals surface area contributed by atoms with Crippen LogP contribution in [0.2, 0.25) is 0 Å². The molecule has 1 aliphatic heterocycles. The van der Waals surface area contributed by atoms with Crippen LogP contribution in [0.5, 0.6) is 0 Å². The number of hydrogen-bond acceptors (Lipinski definition) is 2. The number of rotatable bonds is 2. The Labute approximate surface area is 93.5 Å². The summed E-state index contributed by atoms with van der Waals surface area (Å²) in [6, 6.07) is 4.80. The predicted octanol–water partition coefficient (Wildman–Crippen LogP) is 3.00. The van der Waals surface area contributed by atoms with Crippen molar-refractivity contribution < 1.29 is 0 Å². The van der Waals surface area contributed by atoms with Gasteiger partial charge in [0, 0.05) is 12.2 Å². The lowest BCUT2D eigenvalue weighted by molar-refractivity contribution is 0.271. The molecule has 1 fully saturated rings. The van der Waals surface area contributed by atoms with E-state index in [1.54, 1.807) is 0 Å². The molecule has 3 heteroatoms. The highest BCUT2D eigenvalue weighted by atomic mass is 79.9. The van der Waals surface area contributed by atoms with Crippen LogP contribution < -0.4 is 0 Å². The second-order valence-corrected chi connectivity index (χ2v) is 4.51. The van der Waals surface area contributed by atoms with E-state index in [0.29, 0.717) is 6.04 Å². The molecule has 0 radical (unpaired) electrons. The summed E-state index contributed by atoms with van der Waals surface area (Å²) in [5.41, 5.74) is 1.35. The molecule has 1 saturated heterocycles. The van der Waals surface area contributed by atoms with E-state index in [2.05, 4.69) is 38.8 Å². The first-order valence-corrected chi connectivity index (χ1v) is 5.96. The molecule has 0 N–H and O–H groups in total. The van der Waals surface area contributed by atoms with Crippen LogP contribution in [-0.2, 0) is 0 Å². The number of likely N-dealkylation sites (tertiary alicyclic amines) is 1. The third kappa shape index (κ3) is 1.98. The van der Waals surface area contributed by atoms with Crippen molar-refractivity contribution in [2.45, 2.75) is 25.8 Å². The van der Waals surface area contributed by atoms with Crippen molar-refractivity contribution in [1.29, 1.82) is 0 Å². The van der Waals surface area contributed by atoms with Crippen LogP contribution in [0.25, 0.3) is 0 Å². The average Bonchev–Trinajstić information content (AvgIpc) is 2.67. The van der Waals surface area contributed by atoms with Crippen LogP contribution in [0.4, 0.5) is 0 Å². The van der Waals surface area contributed by atoms with Crippen LogP contribution in [0, 0.1) is 0 Å². The standard InChI is InChI=1S/C11H15BrN2/c1-2-14-7-3-4-10(14)9-5-6-11(12)13-8-9/h5-6,8,10H,2-4,7H2,1H3. The Morgan fingerprint density at radius 2 is 2.43 bits per heavy atom. The number of pyridine rings is 1. The molecule has 76 valence electrons. The maximum atomic E-state index is 4.28. The molecule has 0 amide bonds. The van der Waals surface area contributed by atoms with Gasteiger partial charge in [-0.1, -0.05) is 13.0 Å². The molecule has 1 atom stereocenters. The minimum Gasteiger partial charge on any atom is -0.297 e. The first-order valence-electron chi connectivity index (χ1n) is 5.16. The molecule has 2 rings (SSSR count). The molecule has 0 saturated carbocycles. The van der Waals surface area contributed by atoms with Gasteiger partial charge < -0.3 is 0 Å². The van der Waals surface area contributed by atoms with Crippen molar-refractivity contribution in [3.63, 3.8) is 0 Å². The number of nitrogens with zero attached hydrogens (tertiary/aromatic N) is 2. The monoisotopic (exact) mass is 254 g/mol. The lowest BCUT2D eigenvalue weighted by Gasteiger charge is -2.22. The van der Waals surface area contributed by atoms with Crippen LogP contribution in [0.1, 0.15) is 31.4 Å². The molecular weight excluding hydrogens is 240 g/mol. The van der Waals surface area contributed by atoms with Crippen molar-refractivity contribution >= 4 is 15.9 Å². The van der Waals surface area contributed by atoms with Crippen LogP contribution in [0.3, 0.4) is 0 Å². The Bertz CT molecular complexity index is 297. The molecule has 1 aromatic rings. The molecular formula is C11H15BrN2. The summed E-state index contributed by atoms with van der Waals surface area (Å²) in [6.07, 6.45) is 4.58. The fraction of sp³-hybridized carbons (Fsp3) is 0.545. The zero-order valence-electron chi connectivity index (χ0n) is 8.41. The average molecular weight is 255 g/mol. The second-order valence-electron chi connectivity index (χ2n) is 3.70. The molecule has 0 spiro atoms. The molecule has 1 aromatic heterocycles. The maximum absolute atomic E-state index is 4.28. The molecule has 1 aliphatic rings. The summed E-state index contributed by atoms with van der Waals surface area (Å²) < 4.78 is 0.919. The second kappa shape index (κ2) is 4.41. The van der Waals surface area contributed by atoms with Gasteiger partial charge in [0.25, 0.3) is 0 Å². The molecule has 0 aliphatic carbocycles. The van der Waals surface area contributed by atoms with Crippen molar-refractivity contribution in [3.8, 4) is 0 Å². The Hall–Kier alpha value is -0.410. The summed E-state index contributed by atoms with van der Waals surface area (Å²) in [5.74, 6) is 0. The van der Waals surface area contributed by atoms with E-state index in [0.717, 1.165) is 11.1 Å². The third-order valence-corrected chi connectivity index (χ3v) is 3.37. The Morgan fingerprint density at radius 3 is 3.07 bits per heavy atom. The quantitative estimate of drug-likeness (QED) is 0.755. The summed E-state index contributed by atoms with van der Waals surface area (Å²) >= 11 is 3.36. The van der Waals surface area contributed by atoms with Gasteiger partial charge in [-0.15, -0.1) is 0 Å². The minimum atomic E-state index is 0.598. The van der Waals surface area contributed by atoms with E-state index in [1.165, 1.54) is 24.9 Å². The van der Waals surface area contributed by atoms with Crippen molar-refractivity contribution in [2.24, 2.45) is 0 Å². The van der Waals surface area contributed by atoms with Gasteiger partial charge >= 0.3 is 0 Å². The normalized spacial score (nSPS) is 22.9. The van der Waals surface area contributed by atoms with Gasteiger partial charge in [0.2, 0.25) is 0 Å². The van der Waals surface area contributed by atoms with E-state index in [4.69, 9.17) is 0 Å². The third-order valence-electron chi connectivity index (χ3n) is 2.90. The van der Waals surface area contributed by atoms with E-state index < -0.39 is 0 Å². The summed E-state index contributed by atoms with van der Waals surface area (Å²) in [7, 11) is 0. The fourth-order valence-corrected chi connectivity index (χ4v) is 2.40. The highest BCUT2D eigenvalue weighted by Gasteiger charge is 2.24. The van der Waals surface area contributed by atoms with Crippen molar-refractivity contribution in [1.82, 2.24) is 9.88 Å². The van der Waals surface area contributed by atoms with Gasteiger partial charge in [-0.3, -0.25) is 4.90 Å². The highest BCUT2D eigenvalue weighted by Crippen LogP contribution is 2.31. The lowest BCUT2D eigenvalue weighted by atomic mass is 10.1. The van der Waals surface area contributed by atoms with E-state index >= 15 is 0 Å². The van der Waals surface area contributed by atoms with Crippen LogP contribution in [0.15, 0.2) is 22.9 Å². The van der Waals surface area contributed by atoms with Gasteiger partial charge in [-0.05, 0) is 53.5 Å². The molecule has 2 nitrogen and oxygen atoms in total. The summed E-state index contributed by atoms with van der Waals surface area (Å²) in [6.45, 7) is 4.60. The Morgan fingerprint density at radius 1 is 1.57 bits per heavy atom. The van der Waals surface area contributed by atoms with Gasteiger partial charge in [-0.25, -0.2) is 4.98 Å². The number of halogens is 1. The first kappa shape index (κ1) is 10.1. The Balaban J connectivity index is 2.17. The van der Waals surface area contributed by atoms with Crippen molar-refractivity contribution in [2.75, 3.05) is 13.1 Å². The Kier molecular flexibility index (Phi) is 3.19. The maximum Gasteiger partial charge on any atom is 0.106 e. The number of hydrogen-bond donors (Lipinski definition) is 0. The smallest absolute Gasteiger partial charge is 0.106 e.